The largest absolute Gasteiger partial charge is 0.497 e. The third kappa shape index (κ3) is 22.6. The lowest BCUT2D eigenvalue weighted by atomic mass is 10.1. The molecular weight excluding hydrogens is 1900 g/mol. The normalized spacial score (nSPS) is 12.9. The molecule has 0 amide bonds. The van der Waals surface area contributed by atoms with Gasteiger partial charge in [0.05, 0.1) is 200 Å². The molecule has 4 N–H and O–H groups in total. The van der Waals surface area contributed by atoms with Gasteiger partial charge in [0.15, 0.2) is 0 Å². The summed E-state index contributed by atoms with van der Waals surface area (Å²) in [4.78, 5) is 51.8. The molecule has 8 aromatic heterocycles. The Morgan fingerprint density at radius 2 is 0.786 bits per heavy atom. The summed E-state index contributed by atoms with van der Waals surface area (Å²) in [5, 5.41) is 46.5. The molecule has 0 saturated carbocycles. The smallest absolute Gasteiger partial charge is 0.143 e. The number of methoxy groups -OCH3 is 6. The van der Waals surface area contributed by atoms with E-state index >= 15 is 0 Å². The summed E-state index contributed by atoms with van der Waals surface area (Å²) in [5.74, 6) is 3.17. The first kappa shape index (κ1) is 102. The first-order valence-corrected chi connectivity index (χ1v) is 48.0. The van der Waals surface area contributed by atoms with E-state index in [1.54, 1.807) is 135 Å². The second-order valence-electron chi connectivity index (χ2n) is 34.9. The van der Waals surface area contributed by atoms with Gasteiger partial charge in [0.1, 0.15) is 59.6 Å². The van der Waals surface area contributed by atoms with Crippen LogP contribution >= 0.6 is 69.6 Å². The number of nitrogens with one attached hydrogen (secondary N) is 2. The van der Waals surface area contributed by atoms with Crippen LogP contribution in [0.3, 0.4) is 0 Å². The molecule has 0 saturated heterocycles. The van der Waals surface area contributed by atoms with Gasteiger partial charge >= 0.3 is 0 Å². The van der Waals surface area contributed by atoms with Crippen LogP contribution in [0.4, 0.5) is 45.5 Å². The number of halogens is 6. The van der Waals surface area contributed by atoms with Crippen LogP contribution in [0.1, 0.15) is 77.6 Å². The van der Waals surface area contributed by atoms with Gasteiger partial charge in [-0.25, -0.2) is 19.9 Å². The van der Waals surface area contributed by atoms with E-state index in [1.165, 1.54) is 0 Å². The number of rotatable bonds is 28. The van der Waals surface area contributed by atoms with Crippen LogP contribution in [0.15, 0.2) is 171 Å². The molecule has 38 heteroatoms. The summed E-state index contributed by atoms with van der Waals surface area (Å²) >= 11 is 40.8. The third-order valence-corrected chi connectivity index (χ3v) is 26.5. The Bertz CT molecular complexity index is 7060. The first-order valence-electron chi connectivity index (χ1n) is 45.7. The van der Waals surface area contributed by atoms with Crippen LogP contribution in [-0.2, 0) is 54.5 Å². The van der Waals surface area contributed by atoms with Gasteiger partial charge in [-0.05, 0) is 112 Å². The molecule has 32 nitrogen and oxygen atoms in total. The molecule has 0 spiro atoms. The topological polar surface area (TPSA) is 314 Å². The van der Waals surface area contributed by atoms with Crippen molar-refractivity contribution >= 4 is 159 Å². The molecule has 0 unspecified atom stereocenters. The highest BCUT2D eigenvalue weighted by atomic mass is 35.5. The fourth-order valence-electron chi connectivity index (χ4n) is 16.8. The van der Waals surface area contributed by atoms with Crippen LogP contribution in [0.5, 0.6) is 34.5 Å². The Balaban J connectivity index is 0.000000141. The van der Waals surface area contributed by atoms with E-state index in [0.717, 1.165) is 173 Å². The van der Waals surface area contributed by atoms with Crippen molar-refractivity contribution < 1.29 is 38.6 Å². The SMILES string of the molecule is COc1cc(CO)c(Cl)c(N2CCN(C(C)C)Cc3c2ccc2ncc(-c4cnn(C)c4)nc32)c1Cl.COc1cc(CO)cc(N2CCN(C(C)C)Cc3c2ccc2ncc(-c4cnn(C)c4)nc32)c1Cl.COc1cc(OC)c(Cl)c(N(CCNC(C)C)c2ccc3ncc(-c4cnn(C)c4)nc3c2)c1.COc1cc(OC)c(Cl)c(N(CCNC(C)C)c2ccc3ncc(-c4cnn(C)c4)nc3c2)c1Cl. The first-order chi connectivity index (χ1) is 67.4. The highest BCUT2D eigenvalue weighted by molar-refractivity contribution is 6.42. The number of ether oxygens (including phenoxy) is 6. The van der Waals surface area contributed by atoms with Crippen molar-refractivity contribution in [3.8, 4) is 79.5 Å². The minimum absolute atomic E-state index is 0.100. The Morgan fingerprint density at radius 1 is 0.379 bits per heavy atom. The fourth-order valence-corrected chi connectivity index (χ4v) is 18.8. The van der Waals surface area contributed by atoms with E-state index in [0.29, 0.717) is 138 Å². The van der Waals surface area contributed by atoms with Gasteiger partial charge in [-0.1, -0.05) is 97.3 Å². The number of aryl methyl sites for hydroxylation is 4. The Hall–Kier alpha value is -12.5. The van der Waals surface area contributed by atoms with Gasteiger partial charge in [-0.2, -0.15) is 20.4 Å². The minimum atomic E-state index is -0.226. The number of benzene rings is 8. The van der Waals surface area contributed by atoms with Gasteiger partial charge < -0.3 is 68.9 Å². The maximum Gasteiger partial charge on any atom is 0.143 e. The van der Waals surface area contributed by atoms with Crippen molar-refractivity contribution in [2.45, 2.75) is 106 Å². The number of hydrogen-bond acceptors (Lipinski definition) is 28. The molecule has 2 aliphatic rings. The van der Waals surface area contributed by atoms with E-state index < -0.39 is 0 Å². The summed E-state index contributed by atoms with van der Waals surface area (Å²) in [6, 6.07) is 32.2. The number of anilines is 8. The van der Waals surface area contributed by atoms with Gasteiger partial charge in [-0.15, -0.1) is 0 Å². The summed E-state index contributed by atoms with van der Waals surface area (Å²) in [5.41, 5.74) is 23.2. The fraction of sp³-hybridized carbons (Fsp3) is 0.333. The maximum atomic E-state index is 9.96. The molecule has 2 aliphatic heterocycles. The van der Waals surface area contributed by atoms with Gasteiger partial charge in [0, 0.05) is 222 Å². The number of aromatic nitrogens is 16. The molecule has 0 radical (unpaired) electrons. The number of hydrogen-bond donors (Lipinski definition) is 4. The van der Waals surface area contributed by atoms with Crippen LogP contribution in [0.2, 0.25) is 30.1 Å². The highest BCUT2D eigenvalue weighted by Gasteiger charge is 2.34. The van der Waals surface area contributed by atoms with E-state index in [1.807, 2.05) is 125 Å². The maximum absolute atomic E-state index is 9.96. The second kappa shape index (κ2) is 45.4. The minimum Gasteiger partial charge on any atom is -0.497 e. The molecular formula is C102H114Cl6N24O8. The number of fused-ring (bicyclic) bond motifs is 8. The van der Waals surface area contributed by atoms with Crippen molar-refractivity contribution in [1.82, 2.24) is 99.4 Å². The molecule has 0 fully saturated rings. The Kier molecular flexibility index (Phi) is 33.0. The van der Waals surface area contributed by atoms with Gasteiger partial charge in [0.2, 0.25) is 0 Å². The van der Waals surface area contributed by atoms with Crippen molar-refractivity contribution in [3.05, 3.63) is 224 Å². The third-order valence-electron chi connectivity index (χ3n) is 24.2. The van der Waals surface area contributed by atoms with E-state index in [9.17, 15) is 10.2 Å². The average molecular weight is 2020 g/mol. The predicted octanol–water partition coefficient (Wildman–Crippen LogP) is 20.1. The van der Waals surface area contributed by atoms with Crippen molar-refractivity contribution in [2.24, 2.45) is 28.2 Å². The van der Waals surface area contributed by atoms with E-state index in [-0.39, 0.29) is 13.2 Å². The van der Waals surface area contributed by atoms with Crippen LogP contribution in [0.25, 0.3) is 89.2 Å². The lowest BCUT2D eigenvalue weighted by Gasteiger charge is -2.29. The van der Waals surface area contributed by atoms with Crippen molar-refractivity contribution in [3.63, 3.8) is 0 Å². The van der Waals surface area contributed by atoms with Gasteiger partial charge in [-0.3, -0.25) is 48.5 Å². The number of aliphatic hydroxyl groups excluding tert-OH is 2. The lowest BCUT2D eigenvalue weighted by Crippen LogP contribution is -2.34. The Morgan fingerprint density at radius 3 is 1.21 bits per heavy atom. The van der Waals surface area contributed by atoms with Gasteiger partial charge in [0.25, 0.3) is 0 Å². The molecule has 732 valence electrons. The molecule has 18 rings (SSSR count). The van der Waals surface area contributed by atoms with Crippen molar-refractivity contribution in [2.75, 3.05) is 115 Å². The Labute approximate surface area is 843 Å². The summed E-state index contributed by atoms with van der Waals surface area (Å²) in [6.45, 7) is 24.0. The summed E-state index contributed by atoms with van der Waals surface area (Å²) in [7, 11) is 17.0. The summed E-state index contributed by atoms with van der Waals surface area (Å²) < 4.78 is 40.1. The van der Waals surface area contributed by atoms with E-state index in [4.69, 9.17) is 128 Å². The van der Waals surface area contributed by atoms with Crippen molar-refractivity contribution in [1.29, 1.82) is 0 Å². The zero-order chi connectivity index (χ0) is 99.6. The average Bonchev–Trinajstić information content (AvgIpc) is 1.02. The van der Waals surface area contributed by atoms with E-state index in [2.05, 4.69) is 127 Å². The molecule has 8 aromatic carbocycles. The molecule has 140 heavy (non-hydrogen) atoms. The molecule has 0 atom stereocenters. The molecule has 0 bridgehead atoms. The monoisotopic (exact) mass is 2010 g/mol. The number of nitrogens with zero attached hydrogens (tertiary/aromatic N) is 22. The molecule has 10 heterocycles. The standard InChI is InChI=1S/C26H28Cl2N6O2.C26H29ClN6O2.C25H28Cl2N6O2.C25H29ClN6O2/c1-15(2)33-7-8-34(26-23(27)16(14-35)9-22(36-4)24(26)28)21-6-5-19-25(18(21)13-33)31-20(11-29-19)17-10-30-32(3)12-17;1-16(2)32-7-8-33(23-9-17(15-34)10-24(35-4)25(23)27)22-6-5-20-26(19(22)14-32)30-21(12-28-20)18-11-29-31(3)13-18;1-15(2)28-8-9-33(25-23(26)21(34-4)11-22(35-5)24(25)27)17-6-7-18-19(10-17)31-20(13-29-18)16-12-30-32(3)14-16;1-16(2)27-8-9-32(23-11-19(33-4)12-24(34-5)25(23)26)18-6-7-20-21(10-18)30-22(14-28-20)17-13-29-31(3)15-17/h5-6,9-12,15,35H,7-8,13-14H2,1-4H3;5-6,9-13,16,34H,7-8,14-15H2,1-4H3;6-7,10-15,28H,8-9H2,1-5H3;6-7,10-16,27H,8-9H2,1-5H3. The zero-order valence-corrected chi connectivity index (χ0v) is 85.9. The predicted molar refractivity (Wildman–Crippen MR) is 559 cm³/mol. The molecule has 0 aliphatic carbocycles. The molecule has 16 aromatic rings. The van der Waals surface area contributed by atoms with Crippen LogP contribution < -0.4 is 58.7 Å². The second-order valence-corrected chi connectivity index (χ2v) is 37.1. The zero-order valence-electron chi connectivity index (χ0n) is 81.4. The number of aliphatic hydroxyl groups is 2. The lowest BCUT2D eigenvalue weighted by molar-refractivity contribution is 0.224. The quantitative estimate of drug-likeness (QED) is 0.0354. The van der Waals surface area contributed by atoms with Crippen LogP contribution in [-0.4, -0.2) is 218 Å². The highest BCUT2D eigenvalue weighted by Crippen LogP contribution is 2.52. The van der Waals surface area contributed by atoms with Crippen LogP contribution in [0, 0.1) is 0 Å². The summed E-state index contributed by atoms with van der Waals surface area (Å²) in [6.07, 6.45) is 21.9.